The van der Waals surface area contributed by atoms with Gasteiger partial charge in [-0.1, -0.05) is 24.3 Å². The van der Waals surface area contributed by atoms with Gasteiger partial charge in [0, 0.05) is 26.2 Å². The van der Waals surface area contributed by atoms with Gasteiger partial charge in [-0.05, 0) is 24.0 Å². The molecule has 94 valence electrons. The number of benzene rings is 1. The summed E-state index contributed by atoms with van der Waals surface area (Å²) >= 11 is 0. The summed E-state index contributed by atoms with van der Waals surface area (Å²) in [5, 5.41) is 8.78. The lowest BCUT2D eigenvalue weighted by Gasteiger charge is -2.26. The van der Waals surface area contributed by atoms with Gasteiger partial charge in [-0.15, -0.1) is 0 Å². The maximum atomic E-state index is 8.78. The average Bonchev–Trinajstić information content (AvgIpc) is 2.39. The molecular formula is C14H21NO2. The van der Waals surface area contributed by atoms with Crippen molar-refractivity contribution in [2.45, 2.75) is 19.4 Å². The average molecular weight is 235 g/mol. The molecular weight excluding hydrogens is 214 g/mol. The summed E-state index contributed by atoms with van der Waals surface area (Å²) in [6, 6.07) is 8.74. The molecule has 0 atom stereocenters. The molecule has 1 heterocycles. The van der Waals surface area contributed by atoms with Crippen LogP contribution in [0.1, 0.15) is 17.5 Å². The fourth-order valence-electron chi connectivity index (χ4n) is 2.11. The lowest BCUT2D eigenvalue weighted by molar-refractivity contribution is 0.0342. The molecule has 0 aliphatic carbocycles. The third kappa shape index (κ3) is 4.11. The largest absolute Gasteiger partial charge is 0.396 e. The molecule has 1 aromatic carbocycles. The molecule has 1 N–H and O–H groups in total. The zero-order chi connectivity index (χ0) is 11.9. The summed E-state index contributed by atoms with van der Waals surface area (Å²) in [4.78, 5) is 2.42. The minimum absolute atomic E-state index is 0.273. The molecule has 0 radical (unpaired) electrons. The van der Waals surface area contributed by atoms with Gasteiger partial charge >= 0.3 is 0 Å². The summed E-state index contributed by atoms with van der Waals surface area (Å²) in [5.74, 6) is 0. The highest BCUT2D eigenvalue weighted by Crippen LogP contribution is 2.10. The van der Waals surface area contributed by atoms with Crippen molar-refractivity contribution < 1.29 is 9.84 Å². The van der Waals surface area contributed by atoms with Gasteiger partial charge in [0.25, 0.3) is 0 Å². The minimum atomic E-state index is 0.273. The van der Waals surface area contributed by atoms with Crippen LogP contribution in [0.5, 0.6) is 0 Å². The number of nitrogens with zero attached hydrogens (tertiary/aromatic N) is 1. The normalized spacial score (nSPS) is 17.2. The van der Waals surface area contributed by atoms with E-state index in [0.29, 0.717) is 0 Å². The summed E-state index contributed by atoms with van der Waals surface area (Å²) < 4.78 is 5.34. The van der Waals surface area contributed by atoms with Crippen LogP contribution in [0.2, 0.25) is 0 Å². The third-order valence-electron chi connectivity index (χ3n) is 3.16. The van der Waals surface area contributed by atoms with Crippen molar-refractivity contribution in [1.29, 1.82) is 0 Å². The fraction of sp³-hybridized carbons (Fsp3) is 0.571. The van der Waals surface area contributed by atoms with Crippen LogP contribution < -0.4 is 0 Å². The number of ether oxygens (including phenoxy) is 1. The minimum Gasteiger partial charge on any atom is -0.396 e. The number of aliphatic hydroxyl groups excluding tert-OH is 1. The molecule has 0 unspecified atom stereocenters. The molecule has 0 spiro atoms. The first-order chi connectivity index (χ1) is 8.38. The van der Waals surface area contributed by atoms with Crippen LogP contribution in [-0.4, -0.2) is 42.9 Å². The Balaban J connectivity index is 1.84. The first kappa shape index (κ1) is 12.6. The first-order valence-electron chi connectivity index (χ1n) is 6.37. The molecule has 3 heteroatoms. The maximum absolute atomic E-state index is 8.78. The van der Waals surface area contributed by atoms with Gasteiger partial charge in [-0.25, -0.2) is 0 Å². The number of aryl methyl sites for hydroxylation is 1. The highest BCUT2D eigenvalue weighted by atomic mass is 16.5. The van der Waals surface area contributed by atoms with Gasteiger partial charge in [0.2, 0.25) is 0 Å². The Kier molecular flexibility index (Phi) is 4.98. The molecule has 0 aromatic heterocycles. The molecule has 3 nitrogen and oxygen atoms in total. The zero-order valence-corrected chi connectivity index (χ0v) is 10.3. The Morgan fingerprint density at radius 2 is 1.71 bits per heavy atom. The predicted molar refractivity (Wildman–Crippen MR) is 67.9 cm³/mol. The standard InChI is InChI=1S/C14H21NO2/c16-9-1-2-13-3-5-14(6-4-13)12-15-7-10-17-11-8-15/h3-6,16H,1-2,7-12H2. The van der Waals surface area contributed by atoms with E-state index >= 15 is 0 Å². The van der Waals surface area contributed by atoms with Gasteiger partial charge < -0.3 is 9.84 Å². The Morgan fingerprint density at radius 1 is 1.06 bits per heavy atom. The second-order valence-electron chi connectivity index (χ2n) is 4.53. The van der Waals surface area contributed by atoms with Crippen molar-refractivity contribution in [1.82, 2.24) is 4.90 Å². The summed E-state index contributed by atoms with van der Waals surface area (Å²) in [6.07, 6.45) is 1.82. The molecule has 2 rings (SSSR count). The number of hydrogen-bond donors (Lipinski definition) is 1. The van der Waals surface area contributed by atoms with Gasteiger partial charge in [-0.3, -0.25) is 4.90 Å². The van der Waals surface area contributed by atoms with E-state index in [1.807, 2.05) is 0 Å². The van der Waals surface area contributed by atoms with Crippen molar-refractivity contribution in [2.24, 2.45) is 0 Å². The van der Waals surface area contributed by atoms with Crippen molar-refractivity contribution in [3.8, 4) is 0 Å². The molecule has 0 saturated carbocycles. The van der Waals surface area contributed by atoms with E-state index in [-0.39, 0.29) is 6.61 Å². The number of morpholine rings is 1. The Morgan fingerprint density at radius 3 is 2.35 bits per heavy atom. The Hall–Kier alpha value is -0.900. The molecule has 1 aromatic rings. The topological polar surface area (TPSA) is 32.7 Å². The van der Waals surface area contributed by atoms with E-state index in [0.717, 1.165) is 45.7 Å². The third-order valence-corrected chi connectivity index (χ3v) is 3.16. The quantitative estimate of drug-likeness (QED) is 0.838. The number of hydrogen-bond acceptors (Lipinski definition) is 3. The molecule has 0 amide bonds. The van der Waals surface area contributed by atoms with Crippen LogP contribution >= 0.6 is 0 Å². The van der Waals surface area contributed by atoms with Gasteiger partial charge in [0.1, 0.15) is 0 Å². The number of rotatable bonds is 5. The Labute approximate surface area is 103 Å². The van der Waals surface area contributed by atoms with Crippen molar-refractivity contribution in [2.75, 3.05) is 32.9 Å². The van der Waals surface area contributed by atoms with E-state index in [9.17, 15) is 0 Å². The number of aliphatic hydroxyl groups is 1. The zero-order valence-electron chi connectivity index (χ0n) is 10.3. The van der Waals surface area contributed by atoms with E-state index in [1.165, 1.54) is 11.1 Å². The summed E-state index contributed by atoms with van der Waals surface area (Å²) in [7, 11) is 0. The van der Waals surface area contributed by atoms with Gasteiger partial charge in [0.15, 0.2) is 0 Å². The van der Waals surface area contributed by atoms with E-state index in [2.05, 4.69) is 29.2 Å². The van der Waals surface area contributed by atoms with E-state index < -0.39 is 0 Å². The van der Waals surface area contributed by atoms with Crippen LogP contribution in [0.25, 0.3) is 0 Å². The first-order valence-corrected chi connectivity index (χ1v) is 6.37. The lowest BCUT2D eigenvalue weighted by Crippen LogP contribution is -2.35. The smallest absolute Gasteiger partial charge is 0.0594 e. The van der Waals surface area contributed by atoms with Gasteiger partial charge in [-0.2, -0.15) is 0 Å². The van der Waals surface area contributed by atoms with E-state index in [1.54, 1.807) is 0 Å². The van der Waals surface area contributed by atoms with Crippen molar-refractivity contribution in [3.63, 3.8) is 0 Å². The lowest BCUT2D eigenvalue weighted by atomic mass is 10.1. The van der Waals surface area contributed by atoms with Crippen LogP contribution in [0.4, 0.5) is 0 Å². The van der Waals surface area contributed by atoms with E-state index in [4.69, 9.17) is 9.84 Å². The van der Waals surface area contributed by atoms with Crippen LogP contribution in [-0.2, 0) is 17.7 Å². The SMILES string of the molecule is OCCCc1ccc(CN2CCOCC2)cc1. The van der Waals surface area contributed by atoms with Gasteiger partial charge in [0.05, 0.1) is 13.2 Å². The fourth-order valence-corrected chi connectivity index (χ4v) is 2.11. The second-order valence-corrected chi connectivity index (χ2v) is 4.53. The Bertz CT molecular complexity index is 317. The molecule has 1 aliphatic heterocycles. The maximum Gasteiger partial charge on any atom is 0.0594 e. The summed E-state index contributed by atoms with van der Waals surface area (Å²) in [6.45, 7) is 5.07. The summed E-state index contributed by atoms with van der Waals surface area (Å²) in [5.41, 5.74) is 2.67. The molecule has 0 bridgehead atoms. The van der Waals surface area contributed by atoms with Crippen LogP contribution in [0, 0.1) is 0 Å². The second kappa shape index (κ2) is 6.74. The van der Waals surface area contributed by atoms with Crippen molar-refractivity contribution in [3.05, 3.63) is 35.4 Å². The molecule has 1 saturated heterocycles. The predicted octanol–water partition coefficient (Wildman–Crippen LogP) is 1.44. The van der Waals surface area contributed by atoms with Crippen LogP contribution in [0.3, 0.4) is 0 Å². The van der Waals surface area contributed by atoms with Crippen LogP contribution in [0.15, 0.2) is 24.3 Å². The highest BCUT2D eigenvalue weighted by Gasteiger charge is 2.10. The van der Waals surface area contributed by atoms with Crippen molar-refractivity contribution >= 4 is 0 Å². The highest BCUT2D eigenvalue weighted by molar-refractivity contribution is 5.22. The molecule has 1 aliphatic rings. The molecule has 17 heavy (non-hydrogen) atoms. The monoisotopic (exact) mass is 235 g/mol. The molecule has 1 fully saturated rings.